The van der Waals surface area contributed by atoms with Crippen molar-refractivity contribution in [1.82, 2.24) is 24.7 Å². The highest BCUT2D eigenvalue weighted by Crippen LogP contribution is 2.06. The second-order valence-corrected chi connectivity index (χ2v) is 6.36. The van der Waals surface area contributed by atoms with E-state index in [-0.39, 0.29) is 6.03 Å². The van der Waals surface area contributed by atoms with Crippen LogP contribution in [0.1, 0.15) is 18.3 Å². The number of likely N-dealkylation sites (N-methyl/N-ethyl adjacent to an activating group) is 1. The summed E-state index contributed by atoms with van der Waals surface area (Å²) in [6, 6.07) is 10.4. The second kappa shape index (κ2) is 8.67. The van der Waals surface area contributed by atoms with Gasteiger partial charge in [0.2, 0.25) is 0 Å². The van der Waals surface area contributed by atoms with E-state index in [0.717, 1.165) is 51.5 Å². The topological polar surface area (TPSA) is 53.4 Å². The fraction of sp³-hybridized carbons (Fsp3) is 0.474. The largest absolute Gasteiger partial charge is 0.338 e. The summed E-state index contributed by atoms with van der Waals surface area (Å²) >= 11 is 0. The maximum Gasteiger partial charge on any atom is 0.317 e. The lowest BCUT2D eigenvalue weighted by Crippen LogP contribution is -2.51. The molecular weight excluding hydrogens is 314 g/mol. The highest BCUT2D eigenvalue weighted by atomic mass is 16.2. The molecular formula is C19H27N5O. The highest BCUT2D eigenvalue weighted by molar-refractivity contribution is 5.74. The summed E-state index contributed by atoms with van der Waals surface area (Å²) in [7, 11) is 0. The van der Waals surface area contributed by atoms with Crippen molar-refractivity contribution in [2.24, 2.45) is 0 Å². The molecule has 1 aromatic heterocycles. The quantitative estimate of drug-likeness (QED) is 0.872. The Labute approximate surface area is 149 Å². The van der Waals surface area contributed by atoms with Crippen LogP contribution in [0.25, 0.3) is 0 Å². The number of hydrogen-bond donors (Lipinski definition) is 1. The summed E-state index contributed by atoms with van der Waals surface area (Å²) < 4.78 is 2.14. The Balaban J connectivity index is 1.45. The summed E-state index contributed by atoms with van der Waals surface area (Å²) in [6.45, 7) is 8.18. The third-order valence-electron chi connectivity index (χ3n) is 4.73. The fourth-order valence-corrected chi connectivity index (χ4v) is 3.15. The molecule has 0 aliphatic carbocycles. The van der Waals surface area contributed by atoms with Crippen molar-refractivity contribution in [2.75, 3.05) is 39.3 Å². The molecule has 0 bridgehead atoms. The van der Waals surface area contributed by atoms with Crippen LogP contribution in [-0.2, 0) is 13.0 Å². The number of hydrogen-bond acceptors (Lipinski definition) is 3. The molecule has 0 spiro atoms. The first-order valence-corrected chi connectivity index (χ1v) is 9.05. The van der Waals surface area contributed by atoms with Gasteiger partial charge in [-0.15, -0.1) is 0 Å². The number of nitrogens with zero attached hydrogens (tertiary/aromatic N) is 4. The molecule has 25 heavy (non-hydrogen) atoms. The molecule has 6 heteroatoms. The van der Waals surface area contributed by atoms with Crippen LogP contribution in [0.4, 0.5) is 4.79 Å². The summed E-state index contributed by atoms with van der Waals surface area (Å²) in [5, 5.41) is 3.03. The molecule has 1 N–H and O–H groups in total. The van der Waals surface area contributed by atoms with E-state index < -0.39 is 0 Å². The van der Waals surface area contributed by atoms with Crippen molar-refractivity contribution in [2.45, 2.75) is 19.9 Å². The number of imidazole rings is 1. The number of benzene rings is 1. The maximum atomic E-state index is 12.3. The third-order valence-corrected chi connectivity index (χ3v) is 4.73. The molecule has 1 aliphatic rings. The van der Waals surface area contributed by atoms with Gasteiger partial charge in [-0.1, -0.05) is 37.3 Å². The second-order valence-electron chi connectivity index (χ2n) is 6.36. The highest BCUT2D eigenvalue weighted by Gasteiger charge is 2.19. The average Bonchev–Trinajstić information content (AvgIpc) is 3.09. The Morgan fingerprint density at radius 2 is 1.92 bits per heavy atom. The minimum absolute atomic E-state index is 0.0388. The van der Waals surface area contributed by atoms with E-state index in [2.05, 4.69) is 38.8 Å². The maximum absolute atomic E-state index is 12.3. The molecule has 1 fully saturated rings. The number of amides is 2. The smallest absolute Gasteiger partial charge is 0.317 e. The summed E-state index contributed by atoms with van der Waals surface area (Å²) in [4.78, 5) is 21.0. The number of urea groups is 1. The lowest BCUT2D eigenvalue weighted by atomic mass is 10.2. The Hall–Kier alpha value is -2.34. The molecule has 3 rings (SSSR count). The number of nitrogens with one attached hydrogen (secondary N) is 1. The molecule has 2 heterocycles. The molecule has 134 valence electrons. The normalized spacial score (nSPS) is 15.3. The standard InChI is InChI=1S/C19H27N5O/c1-2-22-12-14-23(15-13-22)19(25)21-9-8-18-20-10-11-24(18)16-17-6-4-3-5-7-17/h3-7,10-11H,2,8-9,12-16H2,1H3,(H,21,25). The van der Waals surface area contributed by atoms with Gasteiger partial charge in [-0.25, -0.2) is 9.78 Å². The third kappa shape index (κ3) is 4.82. The van der Waals surface area contributed by atoms with Gasteiger partial charge in [-0.05, 0) is 12.1 Å². The Bertz CT molecular complexity index is 661. The fourth-order valence-electron chi connectivity index (χ4n) is 3.15. The molecule has 0 radical (unpaired) electrons. The first-order valence-electron chi connectivity index (χ1n) is 9.05. The van der Waals surface area contributed by atoms with Crippen LogP contribution in [-0.4, -0.2) is 64.7 Å². The van der Waals surface area contributed by atoms with Gasteiger partial charge >= 0.3 is 6.03 Å². The number of carbonyl (C=O) groups is 1. The average molecular weight is 341 g/mol. The predicted molar refractivity (Wildman–Crippen MR) is 98.6 cm³/mol. The number of aromatic nitrogens is 2. The minimum Gasteiger partial charge on any atom is -0.338 e. The molecule has 0 unspecified atom stereocenters. The Morgan fingerprint density at radius 1 is 1.16 bits per heavy atom. The number of rotatable bonds is 6. The SMILES string of the molecule is CCN1CCN(C(=O)NCCc2nccn2Cc2ccccc2)CC1. The zero-order chi connectivity index (χ0) is 17.5. The van der Waals surface area contributed by atoms with Gasteiger partial charge in [0.25, 0.3) is 0 Å². The number of carbonyl (C=O) groups excluding carboxylic acids is 1. The van der Waals surface area contributed by atoms with Crippen molar-refractivity contribution in [3.05, 3.63) is 54.1 Å². The summed E-state index contributed by atoms with van der Waals surface area (Å²) in [5.74, 6) is 1.000. The lowest BCUT2D eigenvalue weighted by molar-refractivity contribution is 0.143. The Morgan fingerprint density at radius 3 is 2.64 bits per heavy atom. The first-order chi connectivity index (χ1) is 12.3. The zero-order valence-corrected chi connectivity index (χ0v) is 14.9. The van der Waals surface area contributed by atoms with Crippen molar-refractivity contribution in [1.29, 1.82) is 0 Å². The van der Waals surface area contributed by atoms with Crippen LogP contribution in [0, 0.1) is 0 Å². The van der Waals surface area contributed by atoms with E-state index in [1.165, 1.54) is 5.56 Å². The van der Waals surface area contributed by atoms with Gasteiger partial charge < -0.3 is 19.7 Å². The van der Waals surface area contributed by atoms with E-state index in [1.54, 1.807) is 0 Å². The minimum atomic E-state index is 0.0388. The van der Waals surface area contributed by atoms with Gasteiger partial charge in [0, 0.05) is 58.1 Å². The van der Waals surface area contributed by atoms with Gasteiger partial charge in [-0.2, -0.15) is 0 Å². The molecule has 6 nitrogen and oxygen atoms in total. The van der Waals surface area contributed by atoms with Crippen LogP contribution >= 0.6 is 0 Å². The van der Waals surface area contributed by atoms with Crippen molar-refractivity contribution in [3.63, 3.8) is 0 Å². The van der Waals surface area contributed by atoms with Gasteiger partial charge in [-0.3, -0.25) is 0 Å². The molecule has 2 amide bonds. The summed E-state index contributed by atoms with van der Waals surface area (Å²) in [5.41, 5.74) is 1.25. The molecule has 1 aromatic carbocycles. The molecule has 2 aromatic rings. The molecule has 1 aliphatic heterocycles. The van der Waals surface area contributed by atoms with E-state index in [1.807, 2.05) is 35.5 Å². The molecule has 0 saturated carbocycles. The van der Waals surface area contributed by atoms with Crippen LogP contribution in [0.2, 0.25) is 0 Å². The van der Waals surface area contributed by atoms with Crippen molar-refractivity contribution in [3.8, 4) is 0 Å². The van der Waals surface area contributed by atoms with Crippen LogP contribution in [0.5, 0.6) is 0 Å². The molecule has 1 saturated heterocycles. The van der Waals surface area contributed by atoms with Gasteiger partial charge in [0.1, 0.15) is 5.82 Å². The Kier molecular flexibility index (Phi) is 6.06. The van der Waals surface area contributed by atoms with Crippen molar-refractivity contribution < 1.29 is 4.79 Å². The number of piperazine rings is 1. The van der Waals surface area contributed by atoms with Crippen LogP contribution in [0.15, 0.2) is 42.7 Å². The summed E-state index contributed by atoms with van der Waals surface area (Å²) in [6.07, 6.45) is 4.55. The van der Waals surface area contributed by atoms with Crippen LogP contribution < -0.4 is 5.32 Å². The zero-order valence-electron chi connectivity index (χ0n) is 14.9. The van der Waals surface area contributed by atoms with Crippen molar-refractivity contribution >= 4 is 6.03 Å². The van der Waals surface area contributed by atoms with E-state index >= 15 is 0 Å². The molecule has 0 atom stereocenters. The van der Waals surface area contributed by atoms with E-state index in [9.17, 15) is 4.79 Å². The van der Waals surface area contributed by atoms with Gasteiger partial charge in [0.15, 0.2) is 0 Å². The first kappa shape index (κ1) is 17.5. The van der Waals surface area contributed by atoms with Gasteiger partial charge in [0.05, 0.1) is 0 Å². The monoisotopic (exact) mass is 341 g/mol. The predicted octanol–water partition coefficient (Wildman–Crippen LogP) is 1.82. The van der Waals surface area contributed by atoms with E-state index in [0.29, 0.717) is 6.54 Å². The lowest BCUT2D eigenvalue weighted by Gasteiger charge is -2.34. The van der Waals surface area contributed by atoms with E-state index in [4.69, 9.17) is 0 Å². The van der Waals surface area contributed by atoms with Crippen LogP contribution in [0.3, 0.4) is 0 Å².